The second-order valence-corrected chi connectivity index (χ2v) is 8.31. The number of amides is 3. The molecule has 3 rings (SSSR count). The number of halogens is 2. The molecule has 1 aliphatic heterocycles. The van der Waals surface area contributed by atoms with E-state index in [1.165, 1.54) is 4.90 Å². The highest BCUT2D eigenvalue weighted by molar-refractivity contribution is 9.10. The minimum atomic E-state index is -1.09. The molecular weight excluding hydrogens is 446 g/mol. The van der Waals surface area contributed by atoms with Crippen LogP contribution in [0.4, 0.5) is 4.79 Å². The number of hydrogen-bond acceptors (Lipinski definition) is 3. The van der Waals surface area contributed by atoms with Crippen LogP contribution < -0.4 is 15.0 Å². The minimum Gasteiger partial charge on any atom is -0.488 e. The summed E-state index contributed by atoms with van der Waals surface area (Å²) in [6, 6.07) is 14.1. The second kappa shape index (κ2) is 8.51. The van der Waals surface area contributed by atoms with Crippen molar-refractivity contribution >= 4 is 39.5 Å². The van der Waals surface area contributed by atoms with E-state index in [1.807, 2.05) is 31.3 Å². The summed E-state index contributed by atoms with van der Waals surface area (Å²) in [4.78, 5) is 27.6. The highest BCUT2D eigenvalue weighted by atomic mass is 79.9. The molecule has 148 valence electrons. The van der Waals surface area contributed by atoms with Crippen LogP contribution in [0.3, 0.4) is 0 Å². The van der Waals surface area contributed by atoms with Crippen molar-refractivity contribution in [3.8, 4) is 5.75 Å². The molecule has 1 fully saturated rings. The number of nitrogens with one attached hydrogen (secondary N) is 2. The first-order chi connectivity index (χ1) is 13.3. The molecule has 0 aromatic heterocycles. The quantitative estimate of drug-likeness (QED) is 0.615. The van der Waals surface area contributed by atoms with Gasteiger partial charge in [-0.05, 0) is 48.9 Å². The van der Waals surface area contributed by atoms with E-state index in [-0.39, 0.29) is 12.6 Å². The molecule has 2 N–H and O–H groups in total. The maximum atomic E-state index is 12.9. The van der Waals surface area contributed by atoms with Crippen molar-refractivity contribution in [1.82, 2.24) is 10.2 Å². The Morgan fingerprint density at radius 1 is 1.14 bits per heavy atom. The molecule has 0 aliphatic carbocycles. The number of hydrogen-bond donors (Lipinski definition) is 2. The van der Waals surface area contributed by atoms with Crippen molar-refractivity contribution in [3.63, 3.8) is 0 Å². The third-order valence-corrected chi connectivity index (χ3v) is 5.52. The highest BCUT2D eigenvalue weighted by Gasteiger charge is 2.49. The number of rotatable bonds is 7. The van der Waals surface area contributed by atoms with Gasteiger partial charge in [-0.15, -0.1) is 0 Å². The first-order valence-corrected chi connectivity index (χ1v) is 10.1. The Morgan fingerprint density at radius 3 is 2.43 bits per heavy atom. The van der Waals surface area contributed by atoms with Gasteiger partial charge in [0.05, 0.1) is 7.05 Å². The molecule has 2 aromatic rings. The van der Waals surface area contributed by atoms with E-state index < -0.39 is 11.6 Å². The lowest BCUT2D eigenvalue weighted by atomic mass is 9.92. The molecule has 3 amide bonds. The molecule has 0 radical (unpaired) electrons. The molecule has 1 aliphatic rings. The van der Waals surface area contributed by atoms with Crippen LogP contribution in [-0.4, -0.2) is 43.7 Å². The Balaban J connectivity index is 1.57. The predicted molar refractivity (Wildman–Crippen MR) is 110 cm³/mol. The Kier molecular flexibility index (Phi) is 6.27. The molecule has 0 bridgehead atoms. The zero-order valence-corrected chi connectivity index (χ0v) is 18.0. The number of nitrogens with zero attached hydrogens (tertiary/aromatic N) is 1. The summed E-state index contributed by atoms with van der Waals surface area (Å²) in [5, 5.41) is 3.38. The van der Waals surface area contributed by atoms with Crippen molar-refractivity contribution in [3.05, 3.63) is 63.6 Å². The molecule has 0 spiro atoms. The van der Waals surface area contributed by atoms with E-state index in [1.54, 1.807) is 31.2 Å². The number of urea groups is 1. The van der Waals surface area contributed by atoms with Gasteiger partial charge in [-0.3, -0.25) is 4.79 Å². The third-order valence-electron chi connectivity index (χ3n) is 4.74. The lowest BCUT2D eigenvalue weighted by Crippen LogP contribution is -3.11. The van der Waals surface area contributed by atoms with E-state index in [0.717, 1.165) is 15.1 Å². The van der Waals surface area contributed by atoms with Gasteiger partial charge in [0.2, 0.25) is 0 Å². The lowest BCUT2D eigenvalue weighted by Gasteiger charge is -2.23. The van der Waals surface area contributed by atoms with Crippen LogP contribution in [-0.2, 0) is 10.3 Å². The van der Waals surface area contributed by atoms with Crippen LogP contribution in [0.1, 0.15) is 12.5 Å². The lowest BCUT2D eigenvalue weighted by molar-refractivity contribution is -0.887. The first-order valence-electron chi connectivity index (χ1n) is 8.89. The van der Waals surface area contributed by atoms with Gasteiger partial charge in [0.25, 0.3) is 5.91 Å². The summed E-state index contributed by atoms with van der Waals surface area (Å²) >= 11 is 9.31. The maximum Gasteiger partial charge on any atom is 0.329 e. The van der Waals surface area contributed by atoms with Crippen molar-refractivity contribution < 1.29 is 19.2 Å². The number of carbonyl (C=O) groups excluding carboxylic acids is 2. The van der Waals surface area contributed by atoms with E-state index >= 15 is 0 Å². The van der Waals surface area contributed by atoms with E-state index in [4.69, 9.17) is 16.3 Å². The van der Waals surface area contributed by atoms with Crippen LogP contribution in [0.2, 0.25) is 5.02 Å². The second-order valence-electron chi connectivity index (χ2n) is 6.96. The van der Waals surface area contributed by atoms with E-state index in [0.29, 0.717) is 23.7 Å². The van der Waals surface area contributed by atoms with Gasteiger partial charge in [0.15, 0.2) is 6.67 Å². The summed E-state index contributed by atoms with van der Waals surface area (Å²) in [7, 11) is 1.92. The molecule has 28 heavy (non-hydrogen) atoms. The number of ether oxygens (including phenoxy) is 1. The summed E-state index contributed by atoms with van der Waals surface area (Å²) < 4.78 is 6.70. The van der Waals surface area contributed by atoms with E-state index in [9.17, 15) is 9.59 Å². The minimum absolute atomic E-state index is 0.261. The Bertz CT molecular complexity index is 860. The molecule has 0 saturated carbocycles. The SMILES string of the molecule is C[NH+](CCOc1ccc(Br)cc1)CN1C(=O)N[C@@](C)(c2ccc(Cl)cc2)C1=O. The maximum absolute atomic E-state index is 12.9. The van der Waals surface area contributed by atoms with Gasteiger partial charge < -0.3 is 15.0 Å². The zero-order chi connectivity index (χ0) is 20.3. The van der Waals surface area contributed by atoms with Gasteiger partial charge in [0.1, 0.15) is 24.4 Å². The zero-order valence-electron chi connectivity index (χ0n) is 15.7. The summed E-state index contributed by atoms with van der Waals surface area (Å²) in [5.41, 5.74) is -0.385. The fraction of sp³-hybridized carbons (Fsp3) is 0.300. The van der Waals surface area contributed by atoms with Gasteiger partial charge in [0, 0.05) is 9.50 Å². The van der Waals surface area contributed by atoms with E-state index in [2.05, 4.69) is 21.2 Å². The number of quaternary nitrogens is 1. The smallest absolute Gasteiger partial charge is 0.329 e. The standard InChI is InChI=1S/C20H21BrClN3O3/c1-20(14-3-7-16(22)8-4-14)18(26)25(19(27)23-20)13-24(2)11-12-28-17-9-5-15(21)6-10-17/h3-10H,11-13H2,1-2H3,(H,23,27)/p+1/t20-/m0/s1. The molecular formula is C20H22BrClN3O3+. The summed E-state index contributed by atoms with van der Waals surface area (Å²) in [6.45, 7) is 3.09. The molecule has 1 saturated heterocycles. The number of likely N-dealkylation sites (N-methyl/N-ethyl adjacent to an activating group) is 1. The number of imide groups is 1. The monoisotopic (exact) mass is 466 g/mol. The molecule has 6 nitrogen and oxygen atoms in total. The van der Waals surface area contributed by atoms with Gasteiger partial charge in [-0.1, -0.05) is 39.7 Å². The van der Waals surface area contributed by atoms with Crippen LogP contribution in [0.15, 0.2) is 53.0 Å². The Hall–Kier alpha value is -2.09. The van der Waals surface area contributed by atoms with Crippen LogP contribution >= 0.6 is 27.5 Å². The molecule has 8 heteroatoms. The fourth-order valence-corrected chi connectivity index (χ4v) is 3.43. The Morgan fingerprint density at radius 2 is 1.79 bits per heavy atom. The molecule has 2 atom stereocenters. The van der Waals surface area contributed by atoms with Gasteiger partial charge in [-0.2, -0.15) is 0 Å². The van der Waals surface area contributed by atoms with Gasteiger partial charge >= 0.3 is 6.03 Å². The average molecular weight is 468 g/mol. The van der Waals surface area contributed by atoms with Crippen molar-refractivity contribution in [2.75, 3.05) is 26.9 Å². The first kappa shape index (κ1) is 20.6. The average Bonchev–Trinajstić information content (AvgIpc) is 2.88. The highest BCUT2D eigenvalue weighted by Crippen LogP contribution is 2.29. The number of benzene rings is 2. The molecule has 2 aromatic carbocycles. The predicted octanol–water partition coefficient (Wildman–Crippen LogP) is 2.42. The largest absolute Gasteiger partial charge is 0.488 e. The van der Waals surface area contributed by atoms with Crippen LogP contribution in [0.5, 0.6) is 5.75 Å². The van der Waals surface area contributed by atoms with Crippen molar-refractivity contribution in [2.24, 2.45) is 0 Å². The summed E-state index contributed by atoms with van der Waals surface area (Å²) in [5.74, 6) is 0.509. The molecule has 1 heterocycles. The fourth-order valence-electron chi connectivity index (χ4n) is 3.04. The van der Waals surface area contributed by atoms with Crippen molar-refractivity contribution in [1.29, 1.82) is 0 Å². The summed E-state index contributed by atoms with van der Waals surface area (Å²) in [6.07, 6.45) is 0. The molecule has 1 unspecified atom stereocenters. The van der Waals surface area contributed by atoms with Crippen LogP contribution in [0, 0.1) is 0 Å². The topological polar surface area (TPSA) is 63.1 Å². The van der Waals surface area contributed by atoms with Crippen LogP contribution in [0.25, 0.3) is 0 Å². The Labute approximate surface area is 177 Å². The normalized spacial score (nSPS) is 20.2. The third kappa shape index (κ3) is 4.48. The van der Waals surface area contributed by atoms with Crippen molar-refractivity contribution in [2.45, 2.75) is 12.5 Å². The van der Waals surface area contributed by atoms with Gasteiger partial charge in [-0.25, -0.2) is 9.69 Å². The number of carbonyl (C=O) groups is 2.